The zero-order valence-electron chi connectivity index (χ0n) is 13.8. The quantitative estimate of drug-likeness (QED) is 0.775. The van der Waals surface area contributed by atoms with Crippen LogP contribution in [0, 0.1) is 5.82 Å². The Morgan fingerprint density at radius 2 is 1.71 bits per heavy atom. The van der Waals surface area contributed by atoms with E-state index in [1.807, 2.05) is 27.7 Å². The van der Waals surface area contributed by atoms with E-state index in [1.165, 1.54) is 17.4 Å². The van der Waals surface area contributed by atoms with Gasteiger partial charge in [-0.2, -0.15) is 0 Å². The number of nitrogens with zero attached hydrogens (tertiary/aromatic N) is 2. The lowest BCUT2D eigenvalue weighted by atomic mass is 9.87. The zero-order valence-corrected chi connectivity index (χ0v) is 14.7. The van der Waals surface area contributed by atoms with E-state index in [2.05, 4.69) is 9.97 Å². The monoisotopic (exact) mass is 350 g/mol. The Labute approximate surface area is 143 Å². The van der Waals surface area contributed by atoms with Gasteiger partial charge in [-0.15, -0.1) is 11.3 Å². The van der Waals surface area contributed by atoms with Crippen LogP contribution in [0.3, 0.4) is 0 Å². The van der Waals surface area contributed by atoms with Crippen molar-refractivity contribution in [1.29, 1.82) is 0 Å². The Morgan fingerprint density at radius 3 is 2.29 bits per heavy atom. The summed E-state index contributed by atoms with van der Waals surface area (Å²) in [6.07, 6.45) is 3.57. The molecule has 0 unspecified atom stereocenters. The average Bonchev–Trinajstić information content (AvgIpc) is 3.02. The fraction of sp³-hybridized carbons (Fsp3) is 0.375. The van der Waals surface area contributed by atoms with Gasteiger partial charge in [0.05, 0.1) is 28.5 Å². The van der Waals surface area contributed by atoms with Crippen molar-refractivity contribution in [1.82, 2.24) is 9.97 Å². The van der Waals surface area contributed by atoms with E-state index in [-0.39, 0.29) is 0 Å². The van der Waals surface area contributed by atoms with Crippen LogP contribution in [0.5, 0.6) is 0 Å². The number of aromatic nitrogens is 2. The second-order valence-electron chi connectivity index (χ2n) is 6.54. The summed E-state index contributed by atoms with van der Waals surface area (Å²) in [5.74, 6) is -0.0979. The molecule has 4 nitrogen and oxygen atoms in total. The Morgan fingerprint density at radius 1 is 1.12 bits per heavy atom. The Balaban J connectivity index is 1.79. The Bertz CT molecular complexity index is 759. The van der Waals surface area contributed by atoms with Gasteiger partial charge in [-0.3, -0.25) is 0 Å². The van der Waals surface area contributed by atoms with Crippen LogP contribution in [0.2, 0.25) is 0 Å². The lowest BCUT2D eigenvalue weighted by molar-refractivity contribution is 0.00578. The van der Waals surface area contributed by atoms with Crippen molar-refractivity contribution in [3.05, 3.63) is 40.9 Å². The first kappa shape index (κ1) is 17.2. The van der Waals surface area contributed by atoms with Crippen LogP contribution in [-0.4, -0.2) is 28.3 Å². The fourth-order valence-corrected chi connectivity index (χ4v) is 3.04. The Kier molecular flexibility index (Phi) is 4.31. The third-order valence-electron chi connectivity index (χ3n) is 4.23. The van der Waals surface area contributed by atoms with Gasteiger partial charge in [0.15, 0.2) is 11.6 Å². The lowest BCUT2D eigenvalue weighted by Gasteiger charge is -2.32. The van der Waals surface area contributed by atoms with Gasteiger partial charge in [0, 0.05) is 4.88 Å². The molecule has 2 aromatic rings. The molecule has 2 aromatic heterocycles. The van der Waals surface area contributed by atoms with Gasteiger partial charge >= 0.3 is 7.12 Å². The third kappa shape index (κ3) is 3.26. The van der Waals surface area contributed by atoms with E-state index < -0.39 is 29.9 Å². The molecular formula is C16H17BF2N2O2S. The van der Waals surface area contributed by atoms with E-state index in [0.29, 0.717) is 10.7 Å². The van der Waals surface area contributed by atoms with Gasteiger partial charge in [0.25, 0.3) is 0 Å². The van der Waals surface area contributed by atoms with Crippen LogP contribution >= 0.6 is 11.3 Å². The molecule has 1 saturated heterocycles. The normalized spacial score (nSPS) is 19.8. The average molecular weight is 350 g/mol. The predicted molar refractivity (Wildman–Crippen MR) is 90.5 cm³/mol. The third-order valence-corrected chi connectivity index (χ3v) is 5.25. The van der Waals surface area contributed by atoms with Crippen LogP contribution in [-0.2, 0) is 9.31 Å². The molecule has 126 valence electrons. The first-order chi connectivity index (χ1) is 11.2. The number of thiophene rings is 1. The first-order valence-corrected chi connectivity index (χ1v) is 8.30. The molecule has 0 bridgehead atoms. The SMILES string of the molecule is CC1(C)OB(C(F)=Cc2ccc(-c3ncc(F)cn3)s2)OC1(C)C. The molecule has 0 saturated carbocycles. The van der Waals surface area contributed by atoms with Gasteiger partial charge in [0.1, 0.15) is 5.73 Å². The van der Waals surface area contributed by atoms with Crippen LogP contribution < -0.4 is 0 Å². The highest BCUT2D eigenvalue weighted by Gasteiger charge is 2.53. The molecule has 0 amide bonds. The fourth-order valence-electron chi connectivity index (χ4n) is 2.15. The van der Waals surface area contributed by atoms with Gasteiger partial charge in [-0.25, -0.2) is 18.7 Å². The molecule has 3 heterocycles. The molecule has 1 aliphatic heterocycles. The van der Waals surface area contributed by atoms with Gasteiger partial charge in [-0.05, 0) is 45.9 Å². The van der Waals surface area contributed by atoms with E-state index >= 15 is 0 Å². The maximum atomic E-state index is 14.5. The topological polar surface area (TPSA) is 44.2 Å². The summed E-state index contributed by atoms with van der Waals surface area (Å²) in [5.41, 5.74) is -1.68. The molecule has 8 heteroatoms. The van der Waals surface area contributed by atoms with Crippen molar-refractivity contribution >= 4 is 24.5 Å². The van der Waals surface area contributed by atoms with E-state index in [0.717, 1.165) is 17.3 Å². The number of rotatable bonds is 3. The summed E-state index contributed by atoms with van der Waals surface area (Å²) in [6, 6.07) is 3.51. The van der Waals surface area contributed by atoms with Gasteiger partial charge in [-0.1, -0.05) is 0 Å². The number of hydrogen-bond acceptors (Lipinski definition) is 5. The molecule has 0 N–H and O–H groups in total. The van der Waals surface area contributed by atoms with Crippen molar-refractivity contribution in [2.24, 2.45) is 0 Å². The van der Waals surface area contributed by atoms with Gasteiger partial charge in [0.2, 0.25) is 0 Å². The van der Waals surface area contributed by atoms with Crippen molar-refractivity contribution in [2.45, 2.75) is 38.9 Å². The second-order valence-corrected chi connectivity index (χ2v) is 7.66. The summed E-state index contributed by atoms with van der Waals surface area (Å²) >= 11 is 1.30. The smallest absolute Gasteiger partial charge is 0.398 e. The molecule has 1 fully saturated rings. The molecule has 0 aliphatic carbocycles. The van der Waals surface area contributed by atoms with E-state index in [9.17, 15) is 8.78 Å². The zero-order chi connectivity index (χ0) is 17.5. The Hall–Kier alpha value is -1.64. The maximum Gasteiger partial charge on any atom is 0.525 e. The largest absolute Gasteiger partial charge is 0.525 e. The van der Waals surface area contributed by atoms with Crippen LogP contribution in [0.15, 0.2) is 30.3 Å². The first-order valence-electron chi connectivity index (χ1n) is 7.48. The molecule has 0 radical (unpaired) electrons. The summed E-state index contributed by atoms with van der Waals surface area (Å²) in [5, 5.41) is 0. The molecule has 3 rings (SSSR count). The van der Waals surface area contributed by atoms with Crippen molar-refractivity contribution in [3.8, 4) is 10.7 Å². The lowest BCUT2D eigenvalue weighted by Crippen LogP contribution is -2.41. The molecule has 0 atom stereocenters. The molecule has 24 heavy (non-hydrogen) atoms. The van der Waals surface area contributed by atoms with Crippen molar-refractivity contribution in [3.63, 3.8) is 0 Å². The van der Waals surface area contributed by atoms with Crippen molar-refractivity contribution in [2.75, 3.05) is 0 Å². The molecular weight excluding hydrogens is 333 g/mol. The van der Waals surface area contributed by atoms with Crippen LogP contribution in [0.4, 0.5) is 8.78 Å². The minimum atomic E-state index is -1.03. The number of halogens is 2. The van der Waals surface area contributed by atoms with Crippen molar-refractivity contribution < 1.29 is 18.1 Å². The summed E-state index contributed by atoms with van der Waals surface area (Å²) in [7, 11) is -1.03. The maximum absolute atomic E-state index is 14.5. The molecule has 1 aliphatic rings. The van der Waals surface area contributed by atoms with E-state index in [4.69, 9.17) is 9.31 Å². The standard InChI is InChI=1S/C16H17BF2N2O2S/c1-15(2)16(3,4)23-17(22-15)13(19)7-11-5-6-12(24-11)14-20-8-10(18)9-21-14/h5-9H,1-4H3. The summed E-state index contributed by atoms with van der Waals surface area (Å²) < 4.78 is 38.7. The van der Waals surface area contributed by atoms with Crippen LogP contribution in [0.25, 0.3) is 16.8 Å². The molecule has 0 spiro atoms. The second kappa shape index (κ2) is 6.02. The highest BCUT2D eigenvalue weighted by atomic mass is 32.1. The van der Waals surface area contributed by atoms with E-state index in [1.54, 1.807) is 12.1 Å². The minimum absolute atomic E-state index is 0.400. The van der Waals surface area contributed by atoms with Gasteiger partial charge < -0.3 is 9.31 Å². The highest BCUT2D eigenvalue weighted by molar-refractivity contribution is 7.16. The highest BCUT2D eigenvalue weighted by Crippen LogP contribution is 2.39. The summed E-state index contributed by atoms with van der Waals surface area (Å²) in [6.45, 7) is 7.48. The minimum Gasteiger partial charge on any atom is -0.398 e. The predicted octanol–water partition coefficient (Wildman–Crippen LogP) is 4.29. The molecule has 0 aromatic carbocycles. The van der Waals surface area contributed by atoms with Crippen LogP contribution in [0.1, 0.15) is 32.6 Å². The number of hydrogen-bond donors (Lipinski definition) is 0. The summed E-state index contributed by atoms with van der Waals surface area (Å²) in [4.78, 5) is 9.23.